The number of rotatable bonds is 7. The predicted molar refractivity (Wildman–Crippen MR) is 72.5 cm³/mol. The third-order valence-electron chi connectivity index (χ3n) is 3.12. The molecule has 0 atom stereocenters. The van der Waals surface area contributed by atoms with E-state index >= 15 is 0 Å². The average molecular weight is 268 g/mol. The van der Waals surface area contributed by atoms with Crippen molar-refractivity contribution in [2.45, 2.75) is 52.4 Å². The first kappa shape index (κ1) is 15.7. The molecule has 0 radical (unpaired) electrons. The topological polar surface area (TPSA) is 52.6 Å². The van der Waals surface area contributed by atoms with Crippen LogP contribution in [0.2, 0.25) is 0 Å². The van der Waals surface area contributed by atoms with Gasteiger partial charge in [-0.3, -0.25) is 0 Å². The Labute approximate surface area is 115 Å². The largest absolute Gasteiger partial charge is 0.462 e. The molecule has 1 fully saturated rings. The first-order chi connectivity index (χ1) is 9.19. The minimum atomic E-state index is -0.546. The summed E-state index contributed by atoms with van der Waals surface area (Å²) < 4.78 is 10.1. The Kier molecular flexibility index (Phi) is 7.23. The zero-order valence-corrected chi connectivity index (χ0v) is 11.9. The van der Waals surface area contributed by atoms with Crippen molar-refractivity contribution in [3.8, 4) is 0 Å². The minimum absolute atomic E-state index is 0.0776. The lowest BCUT2D eigenvalue weighted by atomic mass is 10.0. The van der Waals surface area contributed by atoms with Gasteiger partial charge in [0.25, 0.3) is 0 Å². The Morgan fingerprint density at radius 3 is 1.89 bits per heavy atom. The molecule has 0 unspecified atom stereocenters. The van der Waals surface area contributed by atoms with Gasteiger partial charge in [0, 0.05) is 0 Å². The van der Waals surface area contributed by atoms with E-state index in [9.17, 15) is 9.59 Å². The molecule has 1 saturated carbocycles. The monoisotopic (exact) mass is 268 g/mol. The van der Waals surface area contributed by atoms with Gasteiger partial charge in [-0.15, -0.1) is 0 Å². The van der Waals surface area contributed by atoms with Gasteiger partial charge in [-0.1, -0.05) is 32.8 Å². The zero-order valence-electron chi connectivity index (χ0n) is 11.9. The maximum Gasteiger partial charge on any atom is 0.345 e. The molecule has 0 aromatic heterocycles. The molecule has 0 bridgehead atoms. The SMILES string of the molecule is CCCOC(=O)C(=CC1CCCC1)C(=O)OCCC. The van der Waals surface area contributed by atoms with E-state index in [4.69, 9.17) is 9.47 Å². The summed E-state index contributed by atoms with van der Waals surface area (Å²) in [6.45, 7) is 4.51. The summed E-state index contributed by atoms with van der Waals surface area (Å²) in [5.74, 6) is -0.789. The van der Waals surface area contributed by atoms with Crippen LogP contribution >= 0.6 is 0 Å². The molecule has 4 nitrogen and oxygen atoms in total. The highest BCUT2D eigenvalue weighted by molar-refractivity contribution is 6.14. The maximum atomic E-state index is 11.9. The summed E-state index contributed by atoms with van der Waals surface area (Å²) in [6.07, 6.45) is 7.62. The summed E-state index contributed by atoms with van der Waals surface area (Å²) in [4.78, 5) is 23.8. The second-order valence-electron chi connectivity index (χ2n) is 4.90. The van der Waals surface area contributed by atoms with Crippen molar-refractivity contribution < 1.29 is 19.1 Å². The van der Waals surface area contributed by atoms with Crippen LogP contribution in [0.15, 0.2) is 11.6 Å². The predicted octanol–water partition coefficient (Wildman–Crippen LogP) is 3.01. The van der Waals surface area contributed by atoms with Gasteiger partial charge in [0.2, 0.25) is 0 Å². The number of hydrogen-bond donors (Lipinski definition) is 0. The van der Waals surface area contributed by atoms with Gasteiger partial charge in [0.15, 0.2) is 0 Å². The second-order valence-corrected chi connectivity index (χ2v) is 4.90. The number of carbonyl (C=O) groups excluding carboxylic acids is 2. The van der Waals surface area contributed by atoms with E-state index in [0.29, 0.717) is 19.1 Å². The molecule has 0 N–H and O–H groups in total. The van der Waals surface area contributed by atoms with Crippen LogP contribution in [0, 0.1) is 5.92 Å². The van der Waals surface area contributed by atoms with Gasteiger partial charge >= 0.3 is 11.9 Å². The Morgan fingerprint density at radius 1 is 1.00 bits per heavy atom. The maximum absolute atomic E-state index is 11.9. The van der Waals surface area contributed by atoms with Crippen LogP contribution in [0.4, 0.5) is 0 Å². The molecule has 0 aromatic rings. The van der Waals surface area contributed by atoms with Crippen molar-refractivity contribution in [3.63, 3.8) is 0 Å². The number of esters is 2. The van der Waals surface area contributed by atoms with Crippen LogP contribution in [0.25, 0.3) is 0 Å². The third-order valence-corrected chi connectivity index (χ3v) is 3.12. The molecule has 19 heavy (non-hydrogen) atoms. The molecular formula is C15H24O4. The fourth-order valence-corrected chi connectivity index (χ4v) is 2.12. The van der Waals surface area contributed by atoms with E-state index in [-0.39, 0.29) is 5.57 Å². The summed E-state index contributed by atoms with van der Waals surface area (Å²) in [7, 11) is 0. The highest BCUT2D eigenvalue weighted by Gasteiger charge is 2.24. The third kappa shape index (κ3) is 5.45. The quantitative estimate of drug-likeness (QED) is 0.308. The van der Waals surface area contributed by atoms with Crippen LogP contribution in [0.5, 0.6) is 0 Å². The van der Waals surface area contributed by atoms with Crippen LogP contribution in [0.3, 0.4) is 0 Å². The first-order valence-corrected chi connectivity index (χ1v) is 7.25. The van der Waals surface area contributed by atoms with Crippen molar-refractivity contribution >= 4 is 11.9 Å². The Hall–Kier alpha value is -1.32. The summed E-state index contributed by atoms with van der Waals surface area (Å²) in [6, 6.07) is 0. The molecule has 1 rings (SSSR count). The van der Waals surface area contributed by atoms with Crippen molar-refractivity contribution in [1.29, 1.82) is 0 Å². The number of allylic oxidation sites excluding steroid dienone is 1. The van der Waals surface area contributed by atoms with Gasteiger partial charge in [-0.2, -0.15) is 0 Å². The lowest BCUT2D eigenvalue weighted by molar-refractivity contribution is -0.147. The molecule has 0 saturated heterocycles. The van der Waals surface area contributed by atoms with E-state index in [0.717, 1.165) is 38.5 Å². The first-order valence-electron chi connectivity index (χ1n) is 7.25. The highest BCUT2D eigenvalue weighted by Crippen LogP contribution is 2.27. The van der Waals surface area contributed by atoms with Crippen LogP contribution in [0.1, 0.15) is 52.4 Å². The van der Waals surface area contributed by atoms with Crippen molar-refractivity contribution in [3.05, 3.63) is 11.6 Å². The summed E-state index contributed by atoms with van der Waals surface area (Å²) in [5.41, 5.74) is 0.0776. The molecule has 1 aliphatic carbocycles. The lowest BCUT2D eigenvalue weighted by Crippen LogP contribution is -2.20. The van der Waals surface area contributed by atoms with Gasteiger partial charge < -0.3 is 9.47 Å². The molecule has 0 amide bonds. The Balaban J connectivity index is 2.70. The fourth-order valence-electron chi connectivity index (χ4n) is 2.12. The van der Waals surface area contributed by atoms with E-state index < -0.39 is 11.9 Å². The van der Waals surface area contributed by atoms with Gasteiger partial charge in [-0.25, -0.2) is 9.59 Å². The number of hydrogen-bond acceptors (Lipinski definition) is 4. The standard InChI is InChI=1S/C15H24O4/c1-3-9-18-14(16)13(15(17)19-10-4-2)11-12-7-5-6-8-12/h11-12H,3-10H2,1-2H3. The summed E-state index contributed by atoms with van der Waals surface area (Å²) in [5, 5.41) is 0. The molecule has 1 aliphatic rings. The molecular weight excluding hydrogens is 244 g/mol. The minimum Gasteiger partial charge on any atom is -0.462 e. The summed E-state index contributed by atoms with van der Waals surface area (Å²) >= 11 is 0. The van der Waals surface area contributed by atoms with Crippen LogP contribution in [-0.4, -0.2) is 25.2 Å². The van der Waals surface area contributed by atoms with Gasteiger partial charge in [-0.05, 0) is 31.6 Å². The van der Waals surface area contributed by atoms with Crippen molar-refractivity contribution in [1.82, 2.24) is 0 Å². The highest BCUT2D eigenvalue weighted by atomic mass is 16.6. The smallest absolute Gasteiger partial charge is 0.345 e. The Bertz CT molecular complexity index is 305. The van der Waals surface area contributed by atoms with E-state index in [1.807, 2.05) is 13.8 Å². The van der Waals surface area contributed by atoms with E-state index in [1.54, 1.807) is 6.08 Å². The average Bonchev–Trinajstić information content (AvgIpc) is 2.92. The zero-order chi connectivity index (χ0) is 14.1. The molecule has 0 aliphatic heterocycles. The number of carbonyl (C=O) groups is 2. The molecule has 0 spiro atoms. The van der Waals surface area contributed by atoms with Crippen molar-refractivity contribution in [2.24, 2.45) is 5.92 Å². The van der Waals surface area contributed by atoms with Gasteiger partial charge in [0.1, 0.15) is 5.57 Å². The van der Waals surface area contributed by atoms with Crippen LogP contribution in [-0.2, 0) is 19.1 Å². The molecule has 4 heteroatoms. The second kappa shape index (κ2) is 8.73. The van der Waals surface area contributed by atoms with Crippen LogP contribution < -0.4 is 0 Å². The normalized spacial score (nSPS) is 15.1. The number of ether oxygens (including phenoxy) is 2. The fraction of sp³-hybridized carbons (Fsp3) is 0.733. The molecule has 0 heterocycles. The molecule has 0 aromatic carbocycles. The lowest BCUT2D eigenvalue weighted by Gasteiger charge is -2.10. The van der Waals surface area contributed by atoms with E-state index in [2.05, 4.69) is 0 Å². The molecule has 108 valence electrons. The van der Waals surface area contributed by atoms with Crippen molar-refractivity contribution in [2.75, 3.05) is 13.2 Å². The van der Waals surface area contributed by atoms with Gasteiger partial charge in [0.05, 0.1) is 13.2 Å². The Morgan fingerprint density at radius 2 is 1.47 bits per heavy atom. The van der Waals surface area contributed by atoms with E-state index in [1.165, 1.54) is 0 Å².